The molecule has 1 aromatic heterocycles. The monoisotopic (exact) mass is 237 g/mol. The standard InChI is InChI=1S/C14H11N3O/c18-17-14-11-8-4-5-9-12(11)15-13(16-14)10-6-2-1-3-7-10/h1-9,18H,(H,15,16,17). The molecule has 0 amide bonds. The van der Waals surface area contributed by atoms with Crippen LogP contribution in [0, 0.1) is 0 Å². The van der Waals surface area contributed by atoms with E-state index >= 15 is 0 Å². The van der Waals surface area contributed by atoms with E-state index in [2.05, 4.69) is 15.4 Å². The van der Waals surface area contributed by atoms with Crippen molar-refractivity contribution >= 4 is 16.7 Å². The first-order valence-electron chi connectivity index (χ1n) is 5.61. The Bertz CT molecular complexity index is 683. The SMILES string of the molecule is ONc1nc(-c2ccccc2)nc2ccccc12. The van der Waals surface area contributed by atoms with Gasteiger partial charge in [0.25, 0.3) is 0 Å². The van der Waals surface area contributed by atoms with Crippen molar-refractivity contribution in [3.63, 3.8) is 0 Å². The Labute approximate surface area is 104 Å². The lowest BCUT2D eigenvalue weighted by Crippen LogP contribution is -1.98. The minimum absolute atomic E-state index is 0.416. The molecule has 0 bridgehead atoms. The van der Waals surface area contributed by atoms with Crippen LogP contribution in [0.25, 0.3) is 22.3 Å². The highest BCUT2D eigenvalue weighted by Crippen LogP contribution is 2.24. The second-order valence-corrected chi connectivity index (χ2v) is 3.89. The normalized spacial score (nSPS) is 10.5. The lowest BCUT2D eigenvalue weighted by Gasteiger charge is -2.07. The lowest BCUT2D eigenvalue weighted by atomic mass is 10.2. The summed E-state index contributed by atoms with van der Waals surface area (Å²) < 4.78 is 0. The fourth-order valence-corrected chi connectivity index (χ4v) is 1.88. The molecule has 4 heteroatoms. The third-order valence-electron chi connectivity index (χ3n) is 2.74. The topological polar surface area (TPSA) is 58.0 Å². The lowest BCUT2D eigenvalue weighted by molar-refractivity contribution is 0.387. The van der Waals surface area contributed by atoms with Gasteiger partial charge in [0.05, 0.1) is 5.52 Å². The van der Waals surface area contributed by atoms with Crippen molar-refractivity contribution in [3.8, 4) is 11.4 Å². The molecular formula is C14H11N3O. The largest absolute Gasteiger partial charge is 0.290 e. The quantitative estimate of drug-likeness (QED) is 0.672. The molecule has 0 atom stereocenters. The summed E-state index contributed by atoms with van der Waals surface area (Å²) in [7, 11) is 0. The molecule has 0 saturated heterocycles. The zero-order valence-electron chi connectivity index (χ0n) is 9.54. The van der Waals surface area contributed by atoms with Gasteiger partial charge in [0, 0.05) is 10.9 Å². The average Bonchev–Trinajstić information content (AvgIpc) is 2.47. The Morgan fingerprint density at radius 3 is 2.33 bits per heavy atom. The van der Waals surface area contributed by atoms with Crippen molar-refractivity contribution in [1.82, 2.24) is 9.97 Å². The summed E-state index contributed by atoms with van der Waals surface area (Å²) in [5, 5.41) is 9.96. The van der Waals surface area contributed by atoms with Crippen molar-refractivity contribution < 1.29 is 5.21 Å². The number of para-hydroxylation sites is 1. The molecule has 0 saturated carbocycles. The summed E-state index contributed by atoms with van der Waals surface area (Å²) in [5.41, 5.74) is 3.84. The van der Waals surface area contributed by atoms with E-state index in [0.29, 0.717) is 11.6 Å². The van der Waals surface area contributed by atoms with E-state index in [4.69, 9.17) is 5.21 Å². The zero-order valence-corrected chi connectivity index (χ0v) is 9.54. The summed E-state index contributed by atoms with van der Waals surface area (Å²) in [4.78, 5) is 8.81. The van der Waals surface area contributed by atoms with E-state index in [9.17, 15) is 0 Å². The van der Waals surface area contributed by atoms with Gasteiger partial charge >= 0.3 is 0 Å². The van der Waals surface area contributed by atoms with Crippen molar-refractivity contribution in [2.75, 3.05) is 5.48 Å². The Morgan fingerprint density at radius 1 is 0.833 bits per heavy atom. The van der Waals surface area contributed by atoms with Crippen molar-refractivity contribution in [2.45, 2.75) is 0 Å². The van der Waals surface area contributed by atoms with Gasteiger partial charge in [-0.2, -0.15) is 0 Å². The number of nitrogens with zero attached hydrogens (tertiary/aromatic N) is 2. The van der Waals surface area contributed by atoms with Gasteiger partial charge in [0.2, 0.25) is 0 Å². The van der Waals surface area contributed by atoms with Crippen molar-refractivity contribution in [1.29, 1.82) is 0 Å². The highest BCUT2D eigenvalue weighted by Gasteiger charge is 2.07. The highest BCUT2D eigenvalue weighted by atomic mass is 16.5. The van der Waals surface area contributed by atoms with Crippen LogP contribution in [0.4, 0.5) is 5.82 Å². The number of aromatic nitrogens is 2. The van der Waals surface area contributed by atoms with Crippen LogP contribution in [-0.2, 0) is 0 Å². The van der Waals surface area contributed by atoms with E-state index in [0.717, 1.165) is 16.5 Å². The molecule has 0 unspecified atom stereocenters. The predicted molar refractivity (Wildman–Crippen MR) is 70.4 cm³/mol. The fourth-order valence-electron chi connectivity index (χ4n) is 1.88. The second-order valence-electron chi connectivity index (χ2n) is 3.89. The molecular weight excluding hydrogens is 226 g/mol. The maximum Gasteiger partial charge on any atom is 0.162 e. The third-order valence-corrected chi connectivity index (χ3v) is 2.74. The molecule has 0 spiro atoms. The number of hydrogen-bond donors (Lipinski definition) is 2. The van der Waals surface area contributed by atoms with Gasteiger partial charge in [-0.05, 0) is 12.1 Å². The van der Waals surface area contributed by atoms with Crippen LogP contribution in [0.3, 0.4) is 0 Å². The van der Waals surface area contributed by atoms with E-state index in [1.54, 1.807) is 0 Å². The predicted octanol–water partition coefficient (Wildman–Crippen LogP) is 3.10. The maximum atomic E-state index is 9.17. The molecule has 4 nitrogen and oxygen atoms in total. The molecule has 0 fully saturated rings. The molecule has 0 aliphatic carbocycles. The Kier molecular flexibility index (Phi) is 2.63. The van der Waals surface area contributed by atoms with Gasteiger partial charge < -0.3 is 0 Å². The van der Waals surface area contributed by atoms with Gasteiger partial charge in [-0.15, -0.1) is 0 Å². The van der Waals surface area contributed by atoms with Crippen LogP contribution >= 0.6 is 0 Å². The molecule has 0 aliphatic heterocycles. The van der Waals surface area contributed by atoms with E-state index in [1.807, 2.05) is 54.6 Å². The molecule has 2 aromatic carbocycles. The van der Waals surface area contributed by atoms with Crippen LogP contribution in [0.15, 0.2) is 54.6 Å². The van der Waals surface area contributed by atoms with E-state index in [1.165, 1.54) is 0 Å². The van der Waals surface area contributed by atoms with Crippen LogP contribution in [-0.4, -0.2) is 15.2 Å². The first kappa shape index (κ1) is 10.7. The van der Waals surface area contributed by atoms with Crippen molar-refractivity contribution in [3.05, 3.63) is 54.6 Å². The van der Waals surface area contributed by atoms with E-state index < -0.39 is 0 Å². The first-order valence-corrected chi connectivity index (χ1v) is 5.61. The minimum atomic E-state index is 0.416. The Morgan fingerprint density at radius 2 is 1.56 bits per heavy atom. The molecule has 0 aliphatic rings. The average molecular weight is 237 g/mol. The molecule has 3 rings (SSSR count). The minimum Gasteiger partial charge on any atom is -0.290 e. The third kappa shape index (κ3) is 1.78. The maximum absolute atomic E-state index is 9.17. The molecule has 1 heterocycles. The van der Waals surface area contributed by atoms with Gasteiger partial charge in [0.1, 0.15) is 0 Å². The van der Waals surface area contributed by atoms with Crippen LogP contribution in [0.1, 0.15) is 0 Å². The number of rotatable bonds is 2. The van der Waals surface area contributed by atoms with Crippen molar-refractivity contribution in [2.24, 2.45) is 0 Å². The summed E-state index contributed by atoms with van der Waals surface area (Å²) in [6, 6.07) is 17.2. The summed E-state index contributed by atoms with van der Waals surface area (Å²) in [5.74, 6) is 1.00. The fraction of sp³-hybridized carbons (Fsp3) is 0. The zero-order chi connectivity index (χ0) is 12.4. The molecule has 18 heavy (non-hydrogen) atoms. The summed E-state index contributed by atoms with van der Waals surface area (Å²) in [6.07, 6.45) is 0. The summed E-state index contributed by atoms with van der Waals surface area (Å²) in [6.45, 7) is 0. The molecule has 3 aromatic rings. The highest BCUT2D eigenvalue weighted by molar-refractivity contribution is 5.90. The Hall–Kier alpha value is -2.46. The van der Waals surface area contributed by atoms with Gasteiger partial charge in [-0.25, -0.2) is 9.97 Å². The molecule has 0 radical (unpaired) electrons. The van der Waals surface area contributed by atoms with E-state index in [-0.39, 0.29) is 0 Å². The van der Waals surface area contributed by atoms with Gasteiger partial charge in [-0.3, -0.25) is 10.7 Å². The number of hydrogen-bond acceptors (Lipinski definition) is 4. The van der Waals surface area contributed by atoms with Gasteiger partial charge in [0.15, 0.2) is 11.6 Å². The smallest absolute Gasteiger partial charge is 0.162 e. The summed E-state index contributed by atoms with van der Waals surface area (Å²) >= 11 is 0. The number of fused-ring (bicyclic) bond motifs is 1. The number of nitrogens with one attached hydrogen (secondary N) is 1. The number of anilines is 1. The molecule has 2 N–H and O–H groups in total. The second kappa shape index (κ2) is 4.43. The number of benzene rings is 2. The molecule has 88 valence electrons. The van der Waals surface area contributed by atoms with Crippen LogP contribution in [0.2, 0.25) is 0 Å². The Balaban J connectivity index is 2.26. The van der Waals surface area contributed by atoms with Gasteiger partial charge in [-0.1, -0.05) is 42.5 Å². The van der Waals surface area contributed by atoms with Crippen LogP contribution in [0.5, 0.6) is 0 Å². The van der Waals surface area contributed by atoms with Crippen LogP contribution < -0.4 is 5.48 Å². The first-order chi connectivity index (χ1) is 8.88.